The first-order chi connectivity index (χ1) is 14.5. The zero-order valence-corrected chi connectivity index (χ0v) is 18.7. The molecule has 31 heavy (non-hydrogen) atoms. The molecule has 1 aliphatic rings. The molecule has 166 valence electrons. The summed E-state index contributed by atoms with van der Waals surface area (Å²) in [5.41, 5.74) is 0.359. The van der Waals surface area contributed by atoms with Gasteiger partial charge in [-0.2, -0.15) is 13.2 Å². The number of nitrogens with one attached hydrogen (secondary N) is 1. The summed E-state index contributed by atoms with van der Waals surface area (Å²) in [7, 11) is 1.19. The minimum atomic E-state index is -4.66. The molecule has 2 N–H and O–H groups in total. The molecule has 1 heterocycles. The van der Waals surface area contributed by atoms with Crippen molar-refractivity contribution >= 4 is 58.4 Å². The zero-order chi connectivity index (χ0) is 23.0. The van der Waals surface area contributed by atoms with Crippen molar-refractivity contribution < 1.29 is 27.8 Å². The number of rotatable bonds is 5. The van der Waals surface area contributed by atoms with E-state index in [1.165, 1.54) is 43.5 Å². The van der Waals surface area contributed by atoms with Crippen LogP contribution in [0.15, 0.2) is 40.8 Å². The Hall–Kier alpha value is -1.49. The molecular formula is C19H14Cl3F3N2O3S. The summed E-state index contributed by atoms with van der Waals surface area (Å²) >= 11 is 18.4. The second-order valence-electron chi connectivity index (χ2n) is 6.55. The molecule has 5 nitrogen and oxygen atoms in total. The minimum absolute atomic E-state index is 0.0106. The fourth-order valence-electron chi connectivity index (χ4n) is 2.97. The molecule has 3 rings (SSSR count). The maximum Gasteiger partial charge on any atom is 0.409 e. The summed E-state index contributed by atoms with van der Waals surface area (Å²) in [4.78, 5) is 12.1. The molecule has 0 saturated heterocycles. The Morgan fingerprint density at radius 3 is 2.42 bits per heavy atom. The first-order valence-electron chi connectivity index (χ1n) is 8.57. The van der Waals surface area contributed by atoms with Crippen molar-refractivity contribution in [3.8, 4) is 0 Å². The van der Waals surface area contributed by atoms with Crippen molar-refractivity contribution in [3.63, 3.8) is 0 Å². The molecular weight excluding hydrogens is 500 g/mol. The van der Waals surface area contributed by atoms with Gasteiger partial charge in [0, 0.05) is 23.6 Å². The van der Waals surface area contributed by atoms with Crippen LogP contribution in [0, 0.1) is 0 Å². The number of hydrogen-bond acceptors (Lipinski definition) is 5. The lowest BCUT2D eigenvalue weighted by atomic mass is 9.89. The highest BCUT2D eigenvalue weighted by molar-refractivity contribution is 7.99. The third-order valence-corrected chi connectivity index (χ3v) is 6.52. The van der Waals surface area contributed by atoms with E-state index in [0.717, 1.165) is 0 Å². The summed E-state index contributed by atoms with van der Waals surface area (Å²) in [6.45, 7) is 0. The summed E-state index contributed by atoms with van der Waals surface area (Å²) < 4.78 is 48.7. The number of benzene rings is 2. The van der Waals surface area contributed by atoms with Gasteiger partial charge < -0.3 is 15.2 Å². The average Bonchev–Trinajstić information content (AvgIpc) is 3.13. The molecule has 2 aromatic carbocycles. The highest BCUT2D eigenvalue weighted by atomic mass is 35.5. The van der Waals surface area contributed by atoms with Crippen molar-refractivity contribution in [1.82, 2.24) is 5.32 Å². The number of aliphatic hydroxyl groups excluding tert-OH is 1. The first kappa shape index (κ1) is 24.2. The number of carbonyl (C=O) groups is 1. The summed E-state index contributed by atoms with van der Waals surface area (Å²) in [5.74, 6) is -0.716. The van der Waals surface area contributed by atoms with Gasteiger partial charge in [0.2, 0.25) is 6.41 Å². The molecule has 1 aliphatic heterocycles. The van der Waals surface area contributed by atoms with Crippen molar-refractivity contribution in [2.24, 2.45) is 4.40 Å². The number of nitrogens with zero attached hydrogens (tertiary/aromatic N) is 1. The number of alkyl halides is 3. The van der Waals surface area contributed by atoms with Gasteiger partial charge in [-0.1, -0.05) is 40.9 Å². The van der Waals surface area contributed by atoms with Gasteiger partial charge in [0.25, 0.3) is 5.91 Å². The topological polar surface area (TPSA) is 70.9 Å². The Bertz CT molecular complexity index is 1030. The molecule has 2 atom stereocenters. The fraction of sp³-hybridized carbons (Fsp3) is 0.263. The van der Waals surface area contributed by atoms with E-state index in [1.54, 1.807) is 0 Å². The van der Waals surface area contributed by atoms with E-state index in [2.05, 4.69) is 14.5 Å². The third kappa shape index (κ3) is 4.97. The number of amides is 1. The number of carbonyl (C=O) groups excluding carboxylic acids is 1. The Morgan fingerprint density at radius 2 is 1.87 bits per heavy atom. The largest absolute Gasteiger partial charge is 0.409 e. The maximum absolute atomic E-state index is 14.2. The molecule has 0 fully saturated rings. The summed E-state index contributed by atoms with van der Waals surface area (Å²) in [6, 6.07) is 7.87. The second-order valence-corrected chi connectivity index (χ2v) is 8.89. The van der Waals surface area contributed by atoms with Crippen LogP contribution < -0.4 is 5.32 Å². The van der Waals surface area contributed by atoms with Crippen molar-refractivity contribution in [2.75, 3.05) is 7.11 Å². The number of halogens is 6. The fourth-order valence-corrected chi connectivity index (χ4v) is 4.73. The lowest BCUT2D eigenvalue weighted by Gasteiger charge is -2.30. The molecule has 1 amide bonds. The predicted octanol–water partition coefficient (Wildman–Crippen LogP) is 5.60. The van der Waals surface area contributed by atoms with Crippen LogP contribution in [-0.2, 0) is 9.48 Å². The van der Waals surface area contributed by atoms with Crippen LogP contribution in [0.3, 0.4) is 0 Å². The lowest BCUT2D eigenvalue weighted by Crippen LogP contribution is -2.38. The third-order valence-electron chi connectivity index (χ3n) is 4.54. The van der Waals surface area contributed by atoms with Gasteiger partial charge in [0.1, 0.15) is 0 Å². The maximum atomic E-state index is 14.2. The van der Waals surface area contributed by atoms with Crippen molar-refractivity contribution in [2.45, 2.75) is 23.8 Å². The Kier molecular flexibility index (Phi) is 7.15. The predicted molar refractivity (Wildman–Crippen MR) is 115 cm³/mol. The van der Waals surface area contributed by atoms with Gasteiger partial charge in [-0.3, -0.25) is 4.79 Å². The van der Waals surface area contributed by atoms with Crippen LogP contribution >= 0.6 is 46.8 Å². The Labute approximate surface area is 194 Å². The number of aliphatic hydroxyl groups is 1. The number of ether oxygens (including phenoxy) is 1. The molecule has 0 bridgehead atoms. The smallest absolute Gasteiger partial charge is 0.351 e. The average molecular weight is 514 g/mol. The molecule has 12 heteroatoms. The molecule has 0 aliphatic carbocycles. The van der Waals surface area contributed by atoms with Gasteiger partial charge in [-0.15, -0.1) is 0 Å². The minimum Gasteiger partial charge on any atom is -0.351 e. The van der Waals surface area contributed by atoms with Crippen molar-refractivity contribution in [1.29, 1.82) is 0 Å². The van der Waals surface area contributed by atoms with E-state index >= 15 is 0 Å². The van der Waals surface area contributed by atoms with Gasteiger partial charge in [0.15, 0.2) is 4.75 Å². The van der Waals surface area contributed by atoms with Crippen LogP contribution in [0.25, 0.3) is 0 Å². The molecule has 0 spiro atoms. The van der Waals surface area contributed by atoms with Crippen LogP contribution in [-0.4, -0.2) is 36.4 Å². The van der Waals surface area contributed by atoms with Crippen LogP contribution in [0.5, 0.6) is 0 Å². The second kappa shape index (κ2) is 9.17. The Balaban J connectivity index is 1.92. The normalized spacial score (nSPS) is 19.8. The van der Waals surface area contributed by atoms with Gasteiger partial charge in [0.05, 0.1) is 16.3 Å². The van der Waals surface area contributed by atoms with Gasteiger partial charge in [-0.25, -0.2) is 4.40 Å². The van der Waals surface area contributed by atoms with E-state index in [1.807, 2.05) is 0 Å². The summed E-state index contributed by atoms with van der Waals surface area (Å²) in [5, 5.41) is 11.6. The lowest BCUT2D eigenvalue weighted by molar-refractivity contribution is -0.159. The highest BCUT2D eigenvalue weighted by Gasteiger charge is 2.60. The molecule has 0 saturated carbocycles. The highest BCUT2D eigenvalue weighted by Crippen LogP contribution is 2.57. The van der Waals surface area contributed by atoms with E-state index in [0.29, 0.717) is 17.5 Å². The van der Waals surface area contributed by atoms with Crippen molar-refractivity contribution in [3.05, 3.63) is 68.2 Å². The standard InChI is InChI=1S/C19H14Cl3F3N2O3S/c1-30-17(29)26-16(28)13-3-2-9(4-14(13)22)15-8-18(31-27-15,19(23,24)25)10-5-11(20)7-12(21)6-10/h2-7,17,29H,8H2,1H3,(H,26,28). The molecule has 2 unspecified atom stereocenters. The Morgan fingerprint density at radius 1 is 1.23 bits per heavy atom. The molecule has 2 aromatic rings. The van der Waals surface area contributed by atoms with Crippen LogP contribution in [0.2, 0.25) is 15.1 Å². The molecule has 0 aromatic heterocycles. The first-order valence-corrected chi connectivity index (χ1v) is 10.5. The number of hydrogen-bond donors (Lipinski definition) is 2. The zero-order valence-electron chi connectivity index (χ0n) is 15.6. The molecule has 0 radical (unpaired) electrons. The van der Waals surface area contributed by atoms with E-state index in [4.69, 9.17) is 34.8 Å². The van der Waals surface area contributed by atoms with Gasteiger partial charge >= 0.3 is 6.18 Å². The van der Waals surface area contributed by atoms with Crippen LogP contribution in [0.4, 0.5) is 13.2 Å². The van der Waals surface area contributed by atoms with Gasteiger partial charge in [-0.05, 0) is 53.4 Å². The van der Waals surface area contributed by atoms with E-state index in [-0.39, 0.29) is 31.9 Å². The summed E-state index contributed by atoms with van der Waals surface area (Å²) in [6.07, 6.45) is -6.67. The van der Waals surface area contributed by atoms with E-state index in [9.17, 15) is 23.1 Å². The van der Waals surface area contributed by atoms with Crippen LogP contribution in [0.1, 0.15) is 27.9 Å². The monoisotopic (exact) mass is 512 g/mol. The number of methoxy groups -OCH3 is 1. The van der Waals surface area contributed by atoms with E-state index < -0.39 is 29.7 Å². The SMILES string of the molecule is COC(O)NC(=O)c1ccc(C2=NSC(c3cc(Cl)cc(Cl)c3)(C(F)(F)F)C2)cc1Cl. The quantitative estimate of drug-likeness (QED) is 0.403.